The molecular weight excluding hydrogens is 364 g/mol. The van der Waals surface area contributed by atoms with Gasteiger partial charge < -0.3 is 4.90 Å². The van der Waals surface area contributed by atoms with E-state index in [0.29, 0.717) is 6.42 Å². The maximum atomic E-state index is 12.5. The van der Waals surface area contributed by atoms with Crippen LogP contribution >= 0.6 is 0 Å². The number of rotatable bonds is 6. The van der Waals surface area contributed by atoms with E-state index < -0.39 is 31.8 Å². The Bertz CT molecular complexity index is 849. The molecule has 9 heteroatoms. The zero-order chi connectivity index (χ0) is 18.8. The first kappa shape index (κ1) is 19.9. The Kier molecular flexibility index (Phi) is 5.90. The van der Waals surface area contributed by atoms with E-state index in [-0.39, 0.29) is 24.6 Å². The Morgan fingerprint density at radius 2 is 2.00 bits per heavy atom. The quantitative estimate of drug-likeness (QED) is 0.703. The van der Waals surface area contributed by atoms with Crippen molar-refractivity contribution in [1.29, 1.82) is 0 Å². The van der Waals surface area contributed by atoms with Gasteiger partial charge in [0.1, 0.15) is 0 Å². The zero-order valence-electron chi connectivity index (χ0n) is 14.7. The van der Waals surface area contributed by atoms with Gasteiger partial charge in [0.15, 0.2) is 9.84 Å². The molecule has 1 saturated heterocycles. The van der Waals surface area contributed by atoms with E-state index in [0.717, 1.165) is 21.7 Å². The zero-order valence-corrected chi connectivity index (χ0v) is 16.3. The van der Waals surface area contributed by atoms with Crippen LogP contribution in [-0.4, -0.2) is 69.3 Å². The number of hydrogen-bond donors (Lipinski definition) is 0. The minimum Gasteiger partial charge on any atom is -0.341 e. The molecule has 7 nitrogen and oxygen atoms in total. The van der Waals surface area contributed by atoms with Crippen LogP contribution in [0.1, 0.15) is 17.5 Å². The third kappa shape index (κ3) is 5.52. The summed E-state index contributed by atoms with van der Waals surface area (Å²) >= 11 is 0. The molecule has 1 atom stereocenters. The number of carbonyl (C=O) groups excluding carboxylic acids is 1. The summed E-state index contributed by atoms with van der Waals surface area (Å²) in [7, 11) is -5.16. The van der Waals surface area contributed by atoms with Crippen LogP contribution in [0.3, 0.4) is 0 Å². The molecule has 1 unspecified atom stereocenters. The summed E-state index contributed by atoms with van der Waals surface area (Å²) in [6.07, 6.45) is 1.46. The molecule has 0 aromatic heterocycles. The monoisotopic (exact) mass is 388 g/mol. The minimum absolute atomic E-state index is 0.0635. The van der Waals surface area contributed by atoms with Crippen LogP contribution in [0.4, 0.5) is 0 Å². The molecule has 1 aromatic rings. The second-order valence-electron chi connectivity index (χ2n) is 6.58. The molecule has 0 aliphatic carbocycles. The van der Waals surface area contributed by atoms with E-state index in [1.165, 1.54) is 11.9 Å². The molecule has 1 aromatic carbocycles. The maximum Gasteiger partial charge on any atom is 0.237 e. The van der Waals surface area contributed by atoms with Gasteiger partial charge in [-0.05, 0) is 18.9 Å². The Morgan fingerprint density at radius 1 is 1.32 bits per heavy atom. The van der Waals surface area contributed by atoms with Crippen molar-refractivity contribution in [3.8, 4) is 0 Å². The van der Waals surface area contributed by atoms with Gasteiger partial charge in [0.05, 0.1) is 24.3 Å². The predicted octanol–water partition coefficient (Wildman–Crippen LogP) is 0.402. The van der Waals surface area contributed by atoms with Crippen molar-refractivity contribution >= 4 is 25.8 Å². The number of carbonyl (C=O) groups is 1. The fourth-order valence-electron chi connectivity index (χ4n) is 2.85. The Balaban J connectivity index is 2.10. The van der Waals surface area contributed by atoms with Gasteiger partial charge >= 0.3 is 0 Å². The lowest BCUT2D eigenvalue weighted by atomic mass is 10.1. The summed E-state index contributed by atoms with van der Waals surface area (Å²) in [6.45, 7) is 1.70. The van der Waals surface area contributed by atoms with Crippen molar-refractivity contribution in [2.45, 2.75) is 25.9 Å². The third-order valence-corrected chi connectivity index (χ3v) is 7.32. The molecule has 140 valence electrons. The lowest BCUT2D eigenvalue weighted by molar-refractivity contribution is -0.131. The highest BCUT2D eigenvalue weighted by Crippen LogP contribution is 2.17. The summed E-state index contributed by atoms with van der Waals surface area (Å²) in [6, 6.07) is 7.03. The van der Waals surface area contributed by atoms with Crippen molar-refractivity contribution in [3.63, 3.8) is 0 Å². The first-order valence-corrected chi connectivity index (χ1v) is 11.6. The number of benzene rings is 1. The predicted molar refractivity (Wildman–Crippen MR) is 96.3 cm³/mol. The number of sulfone groups is 1. The Morgan fingerprint density at radius 3 is 2.52 bits per heavy atom. The molecule has 1 heterocycles. The van der Waals surface area contributed by atoms with E-state index >= 15 is 0 Å². The van der Waals surface area contributed by atoms with E-state index in [2.05, 4.69) is 0 Å². The lowest BCUT2D eigenvalue weighted by Gasteiger charge is -2.27. The number of sulfonamides is 1. The lowest BCUT2D eigenvalue weighted by Crippen LogP contribution is -2.45. The minimum atomic E-state index is -3.58. The van der Waals surface area contributed by atoms with Crippen LogP contribution in [0, 0.1) is 6.92 Å². The molecule has 2 rings (SSSR count). The standard InChI is InChI=1S/C16H24N2O5S2/c1-13-5-4-6-14(9-13)10-18(24(3,20)21)11-16(19)17(2)15-7-8-25(22,23)12-15/h4-6,9,15H,7-8,10-12H2,1-3H3. The fraction of sp³-hybridized carbons (Fsp3) is 0.562. The highest BCUT2D eigenvalue weighted by molar-refractivity contribution is 7.91. The topological polar surface area (TPSA) is 91.8 Å². The third-order valence-electron chi connectivity index (χ3n) is 4.37. The number of aryl methyl sites for hydroxylation is 1. The average Bonchev–Trinajstić information content (AvgIpc) is 2.85. The average molecular weight is 389 g/mol. The van der Waals surface area contributed by atoms with Crippen molar-refractivity contribution in [1.82, 2.24) is 9.21 Å². The number of hydrogen-bond acceptors (Lipinski definition) is 5. The van der Waals surface area contributed by atoms with Crippen LogP contribution < -0.4 is 0 Å². The van der Waals surface area contributed by atoms with E-state index in [9.17, 15) is 21.6 Å². The molecule has 25 heavy (non-hydrogen) atoms. The highest BCUT2D eigenvalue weighted by atomic mass is 32.2. The van der Waals surface area contributed by atoms with E-state index in [1.54, 1.807) is 0 Å². The summed E-state index contributed by atoms with van der Waals surface area (Å²) in [5.74, 6) is -0.402. The molecule has 0 spiro atoms. The second kappa shape index (κ2) is 7.43. The highest BCUT2D eigenvalue weighted by Gasteiger charge is 2.33. The molecule has 1 aliphatic heterocycles. The summed E-state index contributed by atoms with van der Waals surface area (Å²) < 4.78 is 48.4. The van der Waals surface area contributed by atoms with Gasteiger partial charge in [-0.2, -0.15) is 4.31 Å². The summed E-state index contributed by atoms with van der Waals surface area (Å²) in [5, 5.41) is 0. The SMILES string of the molecule is Cc1cccc(CN(CC(=O)N(C)C2CCS(=O)(=O)C2)S(C)(=O)=O)c1. The number of amides is 1. The second-order valence-corrected chi connectivity index (χ2v) is 10.8. The van der Waals surface area contributed by atoms with Gasteiger partial charge in [-0.25, -0.2) is 16.8 Å². The smallest absolute Gasteiger partial charge is 0.237 e. The molecule has 1 amide bonds. The van der Waals surface area contributed by atoms with E-state index in [4.69, 9.17) is 0 Å². The van der Waals surface area contributed by atoms with E-state index in [1.807, 2.05) is 31.2 Å². The van der Waals surface area contributed by atoms with Crippen LogP contribution in [0.25, 0.3) is 0 Å². The number of likely N-dealkylation sites (N-methyl/N-ethyl adjacent to an activating group) is 1. The number of nitrogens with zero attached hydrogens (tertiary/aromatic N) is 2. The van der Waals surface area contributed by atoms with Crippen molar-refractivity contribution < 1.29 is 21.6 Å². The van der Waals surface area contributed by atoms with Gasteiger partial charge in [0.2, 0.25) is 15.9 Å². The Hall–Kier alpha value is -1.45. The van der Waals surface area contributed by atoms with Crippen molar-refractivity contribution in [2.75, 3.05) is 31.4 Å². The Labute approximate surface area is 149 Å². The summed E-state index contributed by atoms with van der Waals surface area (Å²) in [5.41, 5.74) is 1.80. The van der Waals surface area contributed by atoms with Gasteiger partial charge in [-0.1, -0.05) is 29.8 Å². The molecule has 0 radical (unpaired) electrons. The fourth-order valence-corrected chi connectivity index (χ4v) is 5.35. The summed E-state index contributed by atoms with van der Waals surface area (Å²) in [4.78, 5) is 13.8. The van der Waals surface area contributed by atoms with Gasteiger partial charge in [0.25, 0.3) is 0 Å². The normalized spacial score (nSPS) is 19.9. The van der Waals surface area contributed by atoms with Crippen molar-refractivity contribution in [2.24, 2.45) is 0 Å². The molecule has 1 aliphatic rings. The molecule has 0 saturated carbocycles. The van der Waals surface area contributed by atoms with Crippen LogP contribution in [0.2, 0.25) is 0 Å². The van der Waals surface area contributed by atoms with Crippen LogP contribution in [0.5, 0.6) is 0 Å². The first-order valence-electron chi connectivity index (χ1n) is 7.95. The first-order chi connectivity index (χ1) is 11.5. The van der Waals surface area contributed by atoms with Crippen LogP contribution in [-0.2, 0) is 31.2 Å². The van der Waals surface area contributed by atoms with Crippen molar-refractivity contribution in [3.05, 3.63) is 35.4 Å². The molecule has 0 N–H and O–H groups in total. The molecular formula is C16H24N2O5S2. The van der Waals surface area contributed by atoms with Crippen LogP contribution in [0.15, 0.2) is 24.3 Å². The maximum absolute atomic E-state index is 12.5. The largest absolute Gasteiger partial charge is 0.341 e. The molecule has 1 fully saturated rings. The van der Waals surface area contributed by atoms with Gasteiger partial charge in [0, 0.05) is 19.6 Å². The van der Waals surface area contributed by atoms with Gasteiger partial charge in [-0.15, -0.1) is 0 Å². The van der Waals surface area contributed by atoms with Gasteiger partial charge in [-0.3, -0.25) is 4.79 Å². The molecule has 0 bridgehead atoms.